The van der Waals surface area contributed by atoms with Gasteiger partial charge in [0.1, 0.15) is 4.90 Å². The zero-order valence-corrected chi connectivity index (χ0v) is 12.6. The molecule has 1 aromatic carbocycles. The number of nitrogens with one attached hydrogen (secondary N) is 1. The third-order valence-electron chi connectivity index (χ3n) is 3.35. The molecule has 7 heteroatoms. The van der Waals surface area contributed by atoms with Gasteiger partial charge in [-0.25, -0.2) is 13.1 Å². The van der Waals surface area contributed by atoms with Gasteiger partial charge in [0.15, 0.2) is 0 Å². The largest absolute Gasteiger partial charge is 0.370 e. The van der Waals surface area contributed by atoms with E-state index in [9.17, 15) is 8.42 Å². The Bertz CT molecular complexity index is 562. The van der Waals surface area contributed by atoms with E-state index >= 15 is 0 Å². The molecule has 0 aromatic heterocycles. The van der Waals surface area contributed by atoms with Crippen LogP contribution in [-0.4, -0.2) is 47.3 Å². The number of morpholine rings is 1. The van der Waals surface area contributed by atoms with Gasteiger partial charge in [-0.1, -0.05) is 12.1 Å². The molecule has 20 heavy (non-hydrogen) atoms. The molecule has 0 amide bonds. The molecule has 1 aliphatic rings. The monoisotopic (exact) mass is 299 g/mol. The number of sulfonamides is 1. The number of benzene rings is 1. The Labute approximate surface area is 120 Å². The van der Waals surface area contributed by atoms with Crippen LogP contribution >= 0.6 is 0 Å². The predicted molar refractivity (Wildman–Crippen MR) is 78.3 cm³/mol. The maximum atomic E-state index is 12.1. The normalized spacial score (nSPS) is 23.9. The molecule has 0 aliphatic carbocycles. The third kappa shape index (κ3) is 3.12. The highest BCUT2D eigenvalue weighted by molar-refractivity contribution is 7.89. The van der Waals surface area contributed by atoms with Gasteiger partial charge in [0.2, 0.25) is 10.0 Å². The number of hydrogen-bond acceptors (Lipinski definition) is 5. The number of para-hydroxylation sites is 1. The van der Waals surface area contributed by atoms with E-state index in [1.165, 1.54) is 7.05 Å². The SMILES string of the molecule is CNS(=O)(=O)c1ccccc1N1CC(C)OC(CN)C1. The first-order valence-electron chi connectivity index (χ1n) is 6.61. The molecule has 0 radical (unpaired) electrons. The summed E-state index contributed by atoms with van der Waals surface area (Å²) in [5.74, 6) is 0. The minimum Gasteiger partial charge on any atom is -0.370 e. The Morgan fingerprint density at radius 1 is 1.40 bits per heavy atom. The van der Waals surface area contributed by atoms with Gasteiger partial charge >= 0.3 is 0 Å². The fourth-order valence-electron chi connectivity index (χ4n) is 2.43. The van der Waals surface area contributed by atoms with Crippen LogP contribution in [0.15, 0.2) is 29.2 Å². The predicted octanol–water partition coefficient (Wildman–Crippen LogP) is 0.147. The summed E-state index contributed by atoms with van der Waals surface area (Å²) in [6.07, 6.45) is -0.0632. The highest BCUT2D eigenvalue weighted by Crippen LogP contribution is 2.27. The topological polar surface area (TPSA) is 84.7 Å². The molecular weight excluding hydrogens is 278 g/mol. The second-order valence-corrected chi connectivity index (χ2v) is 6.74. The van der Waals surface area contributed by atoms with Gasteiger partial charge in [0.25, 0.3) is 0 Å². The van der Waals surface area contributed by atoms with Crippen molar-refractivity contribution < 1.29 is 13.2 Å². The average molecular weight is 299 g/mol. The molecule has 1 aliphatic heterocycles. The molecule has 2 unspecified atom stereocenters. The van der Waals surface area contributed by atoms with Crippen molar-refractivity contribution in [3.8, 4) is 0 Å². The summed E-state index contributed by atoms with van der Waals surface area (Å²) in [4.78, 5) is 2.31. The maximum absolute atomic E-state index is 12.1. The van der Waals surface area contributed by atoms with Crippen LogP contribution in [0.2, 0.25) is 0 Å². The van der Waals surface area contributed by atoms with E-state index in [0.717, 1.165) is 0 Å². The van der Waals surface area contributed by atoms with E-state index < -0.39 is 10.0 Å². The second-order valence-electron chi connectivity index (χ2n) is 4.88. The fourth-order valence-corrected chi connectivity index (χ4v) is 3.38. The highest BCUT2D eigenvalue weighted by atomic mass is 32.2. The minimum atomic E-state index is -3.48. The number of hydrogen-bond donors (Lipinski definition) is 2. The molecule has 2 rings (SSSR count). The molecule has 1 aromatic rings. The van der Waals surface area contributed by atoms with Crippen molar-refractivity contribution >= 4 is 15.7 Å². The van der Waals surface area contributed by atoms with Crippen LogP contribution in [0.5, 0.6) is 0 Å². The van der Waals surface area contributed by atoms with Crippen molar-refractivity contribution in [2.45, 2.75) is 24.0 Å². The van der Waals surface area contributed by atoms with Gasteiger partial charge in [0.05, 0.1) is 17.9 Å². The first-order chi connectivity index (χ1) is 9.47. The lowest BCUT2D eigenvalue weighted by Crippen LogP contribution is -2.49. The van der Waals surface area contributed by atoms with E-state index in [-0.39, 0.29) is 17.1 Å². The Kier molecular flexibility index (Phi) is 4.64. The van der Waals surface area contributed by atoms with E-state index in [1.807, 2.05) is 24.0 Å². The highest BCUT2D eigenvalue weighted by Gasteiger charge is 2.28. The Balaban J connectivity index is 2.38. The molecule has 3 N–H and O–H groups in total. The molecule has 1 fully saturated rings. The smallest absolute Gasteiger partial charge is 0.242 e. The maximum Gasteiger partial charge on any atom is 0.242 e. The molecule has 0 saturated carbocycles. The second kappa shape index (κ2) is 6.09. The van der Waals surface area contributed by atoms with Gasteiger partial charge in [-0.3, -0.25) is 0 Å². The lowest BCUT2D eigenvalue weighted by Gasteiger charge is -2.38. The average Bonchev–Trinajstić information content (AvgIpc) is 2.46. The van der Waals surface area contributed by atoms with E-state index in [0.29, 0.717) is 25.3 Å². The van der Waals surface area contributed by atoms with Crippen LogP contribution in [0.1, 0.15) is 6.92 Å². The van der Waals surface area contributed by atoms with E-state index in [4.69, 9.17) is 10.5 Å². The first-order valence-corrected chi connectivity index (χ1v) is 8.09. The van der Waals surface area contributed by atoms with Crippen molar-refractivity contribution in [3.05, 3.63) is 24.3 Å². The molecule has 1 heterocycles. The first kappa shape index (κ1) is 15.2. The summed E-state index contributed by atoms with van der Waals surface area (Å²) in [7, 11) is -2.07. The number of nitrogens with zero attached hydrogens (tertiary/aromatic N) is 1. The fraction of sp³-hybridized carbons (Fsp3) is 0.538. The standard InChI is InChI=1S/C13H21N3O3S/c1-10-8-16(9-11(7-14)19-10)12-5-3-4-6-13(12)20(17,18)15-2/h3-6,10-11,15H,7-9,14H2,1-2H3. The van der Waals surface area contributed by atoms with Gasteiger partial charge in [-0.05, 0) is 26.1 Å². The summed E-state index contributed by atoms with van der Waals surface area (Å²) in [5, 5.41) is 0. The number of anilines is 1. The Morgan fingerprint density at radius 2 is 2.10 bits per heavy atom. The summed E-state index contributed by atoms with van der Waals surface area (Å²) < 4.78 is 32.3. The van der Waals surface area contributed by atoms with Gasteiger partial charge < -0.3 is 15.4 Å². The van der Waals surface area contributed by atoms with Crippen molar-refractivity contribution in [3.63, 3.8) is 0 Å². The Morgan fingerprint density at radius 3 is 2.75 bits per heavy atom. The molecule has 0 spiro atoms. The van der Waals surface area contributed by atoms with Crippen LogP contribution in [-0.2, 0) is 14.8 Å². The van der Waals surface area contributed by atoms with Crippen molar-refractivity contribution in [1.29, 1.82) is 0 Å². The summed E-state index contributed by atoms with van der Waals surface area (Å²) in [6, 6.07) is 6.98. The van der Waals surface area contributed by atoms with Crippen LogP contribution in [0.3, 0.4) is 0 Å². The molecule has 1 saturated heterocycles. The zero-order chi connectivity index (χ0) is 14.8. The van der Waals surface area contributed by atoms with Crippen molar-refractivity contribution in [1.82, 2.24) is 4.72 Å². The van der Waals surface area contributed by atoms with E-state index in [2.05, 4.69) is 4.72 Å². The van der Waals surface area contributed by atoms with Crippen molar-refractivity contribution in [2.24, 2.45) is 5.73 Å². The quantitative estimate of drug-likeness (QED) is 0.826. The summed E-state index contributed by atoms with van der Waals surface area (Å²) >= 11 is 0. The van der Waals surface area contributed by atoms with Gasteiger partial charge in [0, 0.05) is 19.6 Å². The number of nitrogens with two attached hydrogens (primary N) is 1. The lowest BCUT2D eigenvalue weighted by atomic mass is 10.2. The number of rotatable bonds is 4. The van der Waals surface area contributed by atoms with Crippen LogP contribution in [0, 0.1) is 0 Å². The molecule has 112 valence electrons. The van der Waals surface area contributed by atoms with Crippen LogP contribution in [0.25, 0.3) is 0 Å². The van der Waals surface area contributed by atoms with Gasteiger partial charge in [-0.15, -0.1) is 0 Å². The number of ether oxygens (including phenoxy) is 1. The summed E-state index contributed by atoms with van der Waals surface area (Å²) in [6.45, 7) is 3.62. The molecular formula is C13H21N3O3S. The van der Waals surface area contributed by atoms with E-state index in [1.54, 1.807) is 12.1 Å². The van der Waals surface area contributed by atoms with Crippen molar-refractivity contribution in [2.75, 3.05) is 31.6 Å². The molecule has 0 bridgehead atoms. The zero-order valence-electron chi connectivity index (χ0n) is 11.7. The molecule has 6 nitrogen and oxygen atoms in total. The third-order valence-corrected chi connectivity index (χ3v) is 4.82. The Hall–Kier alpha value is -1.15. The van der Waals surface area contributed by atoms with Crippen LogP contribution in [0.4, 0.5) is 5.69 Å². The minimum absolute atomic E-state index is 0.0163. The van der Waals surface area contributed by atoms with Gasteiger partial charge in [-0.2, -0.15) is 0 Å². The van der Waals surface area contributed by atoms with Crippen LogP contribution < -0.4 is 15.4 Å². The molecule has 2 atom stereocenters. The lowest BCUT2D eigenvalue weighted by molar-refractivity contribution is -0.0106. The summed E-state index contributed by atoms with van der Waals surface area (Å²) in [5.41, 5.74) is 6.36.